The van der Waals surface area contributed by atoms with Gasteiger partial charge in [-0.25, -0.2) is 16.8 Å². The fourth-order valence-electron chi connectivity index (χ4n) is 2.93. The first-order valence-electron chi connectivity index (χ1n) is 10.6. The maximum atomic E-state index is 13.0. The van der Waals surface area contributed by atoms with Crippen LogP contribution in [0.15, 0.2) is 40.2 Å². The molecule has 35 heavy (non-hydrogen) atoms. The van der Waals surface area contributed by atoms with Gasteiger partial charge in [0.25, 0.3) is 0 Å². The number of amides is 2. The Morgan fingerprint density at radius 2 is 1.74 bits per heavy atom. The molecule has 2 atom stereocenters. The van der Waals surface area contributed by atoms with E-state index >= 15 is 0 Å². The van der Waals surface area contributed by atoms with Gasteiger partial charge in [0.1, 0.15) is 22.2 Å². The zero-order valence-electron chi connectivity index (χ0n) is 19.6. The van der Waals surface area contributed by atoms with Crippen LogP contribution in [0, 0.1) is 0 Å². The van der Waals surface area contributed by atoms with E-state index in [1.807, 2.05) is 0 Å². The predicted octanol–water partition coefficient (Wildman–Crippen LogP) is -2.04. The number of nitrogens with zero attached hydrogens (tertiary/aromatic N) is 2. The summed E-state index contributed by atoms with van der Waals surface area (Å²) in [6.07, 6.45) is 1.85. The number of nitrogens with one attached hydrogen (secondary N) is 2. The summed E-state index contributed by atoms with van der Waals surface area (Å²) in [6.45, 7) is -0.218. The van der Waals surface area contributed by atoms with E-state index in [9.17, 15) is 31.2 Å². The van der Waals surface area contributed by atoms with Crippen LogP contribution in [0.3, 0.4) is 0 Å². The van der Waals surface area contributed by atoms with Gasteiger partial charge in [0.2, 0.25) is 21.8 Å². The smallest absolute Gasteiger partial charge is 0.241 e. The van der Waals surface area contributed by atoms with Gasteiger partial charge in [0.15, 0.2) is 5.96 Å². The Morgan fingerprint density at radius 1 is 1.11 bits per heavy atom. The van der Waals surface area contributed by atoms with Gasteiger partial charge in [-0.1, -0.05) is 18.2 Å². The van der Waals surface area contributed by atoms with Crippen molar-refractivity contribution in [2.24, 2.45) is 16.5 Å². The second-order valence-corrected chi connectivity index (χ2v) is 11.8. The molecule has 2 amide bonds. The Kier molecular flexibility index (Phi) is 11.8. The van der Waals surface area contributed by atoms with Crippen molar-refractivity contribution in [3.8, 4) is 0 Å². The summed E-state index contributed by atoms with van der Waals surface area (Å²) in [5.74, 6) is -2.01. The van der Waals surface area contributed by atoms with Crippen molar-refractivity contribution >= 4 is 43.9 Å². The van der Waals surface area contributed by atoms with Gasteiger partial charge < -0.3 is 26.5 Å². The highest BCUT2D eigenvalue weighted by Gasteiger charge is 2.29. The third-order valence-electron chi connectivity index (χ3n) is 4.66. The lowest BCUT2D eigenvalue weighted by atomic mass is 10.1. The van der Waals surface area contributed by atoms with Crippen molar-refractivity contribution in [1.29, 1.82) is 0 Å². The number of hydrogen-bond acceptors (Lipinski definition) is 8. The first-order valence-corrected chi connectivity index (χ1v) is 14.1. The molecule has 6 N–H and O–H groups in total. The van der Waals surface area contributed by atoms with Crippen LogP contribution in [0.2, 0.25) is 0 Å². The number of carbonyl (C=O) groups excluding carboxylic acids is 3. The normalized spacial score (nSPS) is 13.3. The SMILES string of the molecule is CN(CC(=O)NC(C=O)CCCN=C(N)N)C(=O)[C@@H](CCS(C)(=O)=O)NS(=O)(=O)c1ccccc1. The predicted molar refractivity (Wildman–Crippen MR) is 130 cm³/mol. The molecule has 0 fully saturated rings. The molecular weight excluding hydrogens is 500 g/mol. The number of sulfonamides is 1. The van der Waals surface area contributed by atoms with Crippen molar-refractivity contribution in [3.05, 3.63) is 30.3 Å². The first-order chi connectivity index (χ1) is 16.2. The molecule has 1 aromatic carbocycles. The molecule has 196 valence electrons. The number of sulfone groups is 1. The first kappa shape index (κ1) is 30.0. The van der Waals surface area contributed by atoms with E-state index in [1.54, 1.807) is 6.07 Å². The van der Waals surface area contributed by atoms with E-state index in [4.69, 9.17) is 11.5 Å². The number of nitrogens with two attached hydrogens (primary N) is 2. The van der Waals surface area contributed by atoms with Gasteiger partial charge in [0.05, 0.1) is 23.2 Å². The number of hydrogen-bond donors (Lipinski definition) is 4. The maximum Gasteiger partial charge on any atom is 0.241 e. The molecule has 13 nitrogen and oxygen atoms in total. The van der Waals surface area contributed by atoms with E-state index < -0.39 is 56.1 Å². The molecule has 0 radical (unpaired) electrons. The second kappa shape index (κ2) is 13.7. The Hall–Kier alpha value is -3.04. The molecule has 1 aromatic rings. The lowest BCUT2D eigenvalue weighted by molar-refractivity contribution is -0.136. The Labute approximate surface area is 205 Å². The summed E-state index contributed by atoms with van der Waals surface area (Å²) in [6, 6.07) is 4.99. The Balaban J connectivity index is 2.86. The number of rotatable bonds is 15. The van der Waals surface area contributed by atoms with Gasteiger partial charge >= 0.3 is 0 Å². The molecule has 0 aliphatic heterocycles. The molecule has 0 saturated carbocycles. The van der Waals surface area contributed by atoms with E-state index in [0.29, 0.717) is 12.7 Å². The van der Waals surface area contributed by atoms with Gasteiger partial charge in [0, 0.05) is 19.8 Å². The quantitative estimate of drug-likeness (QED) is 0.0847. The fraction of sp³-hybridized carbons (Fsp3) is 0.500. The van der Waals surface area contributed by atoms with Gasteiger partial charge in [-0.2, -0.15) is 4.72 Å². The molecule has 1 unspecified atom stereocenters. The number of aldehydes is 1. The summed E-state index contributed by atoms with van der Waals surface area (Å²) in [5, 5.41) is 2.46. The molecule has 0 saturated heterocycles. The molecule has 15 heteroatoms. The van der Waals surface area contributed by atoms with E-state index in [0.717, 1.165) is 11.2 Å². The molecule has 0 aliphatic rings. The van der Waals surface area contributed by atoms with Gasteiger partial charge in [-0.3, -0.25) is 14.6 Å². The van der Waals surface area contributed by atoms with Crippen LogP contribution in [-0.2, 0) is 34.2 Å². The summed E-state index contributed by atoms with van der Waals surface area (Å²) >= 11 is 0. The highest BCUT2D eigenvalue weighted by atomic mass is 32.2. The van der Waals surface area contributed by atoms with Crippen molar-refractivity contribution in [3.63, 3.8) is 0 Å². The van der Waals surface area contributed by atoms with Crippen LogP contribution in [0.25, 0.3) is 0 Å². The summed E-state index contributed by atoms with van der Waals surface area (Å²) < 4.78 is 50.9. The maximum absolute atomic E-state index is 13.0. The minimum Gasteiger partial charge on any atom is -0.370 e. The number of carbonyl (C=O) groups is 3. The molecule has 0 aliphatic carbocycles. The van der Waals surface area contributed by atoms with Crippen LogP contribution < -0.4 is 21.5 Å². The lowest BCUT2D eigenvalue weighted by Gasteiger charge is -2.24. The number of guanidine groups is 1. The summed E-state index contributed by atoms with van der Waals surface area (Å²) in [4.78, 5) is 41.2. The molecule has 0 spiro atoms. The monoisotopic (exact) mass is 532 g/mol. The van der Waals surface area contributed by atoms with Crippen LogP contribution >= 0.6 is 0 Å². The second-order valence-electron chi connectivity index (χ2n) is 7.86. The van der Waals surface area contributed by atoms with Crippen LogP contribution in [0.4, 0.5) is 0 Å². The molecule has 0 heterocycles. The molecule has 0 bridgehead atoms. The average Bonchev–Trinajstić information content (AvgIpc) is 2.77. The van der Waals surface area contributed by atoms with Crippen LogP contribution in [0.1, 0.15) is 19.3 Å². The third-order valence-corrected chi connectivity index (χ3v) is 7.13. The van der Waals surface area contributed by atoms with Crippen molar-refractivity contribution < 1.29 is 31.2 Å². The Bertz CT molecular complexity index is 1100. The number of aliphatic imine (C=N–C) groups is 1. The lowest BCUT2D eigenvalue weighted by Crippen LogP contribution is -2.51. The summed E-state index contributed by atoms with van der Waals surface area (Å²) in [7, 11) is -6.39. The minimum atomic E-state index is -4.14. The van der Waals surface area contributed by atoms with Crippen LogP contribution in [-0.4, -0.2) is 90.0 Å². The van der Waals surface area contributed by atoms with Crippen molar-refractivity contribution in [2.45, 2.75) is 36.2 Å². The summed E-state index contributed by atoms with van der Waals surface area (Å²) in [5.41, 5.74) is 10.4. The molecule has 0 aromatic heterocycles. The highest BCUT2D eigenvalue weighted by Crippen LogP contribution is 2.11. The van der Waals surface area contributed by atoms with Gasteiger partial charge in [-0.05, 0) is 31.4 Å². The standard InChI is InChI=1S/C20H32N6O7S2/c1-26(13-18(28)24-15(14-27)7-6-11-23-20(21)22)19(29)17(10-12-34(2,30)31)25-35(32,33)16-8-4-3-5-9-16/h3-5,8-9,14-15,17,25H,6-7,10-13H2,1-2H3,(H,24,28)(H4,21,22,23)/t15?,17-/m1/s1. The van der Waals surface area contributed by atoms with E-state index in [-0.39, 0.29) is 30.2 Å². The fourth-order valence-corrected chi connectivity index (χ4v) is 4.83. The molecule has 1 rings (SSSR count). The van der Waals surface area contributed by atoms with Crippen molar-refractivity contribution in [2.75, 3.05) is 32.1 Å². The third kappa shape index (κ3) is 11.8. The van der Waals surface area contributed by atoms with Crippen molar-refractivity contribution in [1.82, 2.24) is 14.9 Å². The largest absolute Gasteiger partial charge is 0.370 e. The minimum absolute atomic E-state index is 0.0925. The van der Waals surface area contributed by atoms with E-state index in [2.05, 4.69) is 15.0 Å². The molecular formula is C20H32N6O7S2. The average molecular weight is 533 g/mol. The highest BCUT2D eigenvalue weighted by molar-refractivity contribution is 7.90. The number of likely N-dealkylation sites (N-methyl/N-ethyl adjacent to an activating group) is 1. The zero-order chi connectivity index (χ0) is 26.6. The van der Waals surface area contributed by atoms with Crippen LogP contribution in [0.5, 0.6) is 0 Å². The van der Waals surface area contributed by atoms with E-state index in [1.165, 1.54) is 31.3 Å². The van der Waals surface area contributed by atoms with Gasteiger partial charge in [-0.15, -0.1) is 0 Å². The number of benzene rings is 1. The topological polar surface area (TPSA) is 211 Å². The zero-order valence-corrected chi connectivity index (χ0v) is 21.2. The Morgan fingerprint density at radius 3 is 2.29 bits per heavy atom.